The lowest BCUT2D eigenvalue weighted by Gasteiger charge is -2.22. The first kappa shape index (κ1) is 19.2. The summed E-state index contributed by atoms with van der Waals surface area (Å²) in [7, 11) is 0. The predicted molar refractivity (Wildman–Crippen MR) is 84.1 cm³/mol. The molecule has 132 valence electrons. The number of hydrogen-bond acceptors (Lipinski definition) is 6. The van der Waals surface area contributed by atoms with Crippen LogP contribution in [0.2, 0.25) is 0 Å². The van der Waals surface area contributed by atoms with Crippen molar-refractivity contribution in [1.29, 1.82) is 0 Å². The van der Waals surface area contributed by atoms with E-state index in [1.54, 1.807) is 33.8 Å². The number of ether oxygens (including phenoxy) is 2. The Labute approximate surface area is 138 Å². The van der Waals surface area contributed by atoms with Gasteiger partial charge in [0, 0.05) is 6.07 Å². The summed E-state index contributed by atoms with van der Waals surface area (Å²) in [5, 5.41) is 22.3. The van der Waals surface area contributed by atoms with Crippen LogP contribution in [0, 0.1) is 17.0 Å². The van der Waals surface area contributed by atoms with Gasteiger partial charge < -0.3 is 19.9 Å². The van der Waals surface area contributed by atoms with Gasteiger partial charge >= 0.3 is 17.7 Å². The Morgan fingerprint density at radius 3 is 2.50 bits per heavy atom. The zero-order valence-corrected chi connectivity index (χ0v) is 13.9. The van der Waals surface area contributed by atoms with Crippen molar-refractivity contribution in [1.82, 2.24) is 5.32 Å². The van der Waals surface area contributed by atoms with E-state index in [4.69, 9.17) is 14.6 Å². The molecule has 0 aliphatic rings. The molecule has 1 unspecified atom stereocenters. The molecule has 9 nitrogen and oxygen atoms in total. The van der Waals surface area contributed by atoms with Gasteiger partial charge in [-0.3, -0.25) is 10.1 Å². The number of benzene rings is 1. The van der Waals surface area contributed by atoms with E-state index >= 15 is 0 Å². The third kappa shape index (κ3) is 6.11. The van der Waals surface area contributed by atoms with Crippen LogP contribution >= 0.6 is 0 Å². The minimum atomic E-state index is -1.42. The number of aryl methyl sites for hydroxylation is 1. The van der Waals surface area contributed by atoms with Crippen LogP contribution in [0.4, 0.5) is 10.5 Å². The highest BCUT2D eigenvalue weighted by Crippen LogP contribution is 2.27. The van der Waals surface area contributed by atoms with E-state index in [0.29, 0.717) is 5.56 Å². The zero-order valence-electron chi connectivity index (χ0n) is 13.9. The molecule has 0 aromatic heterocycles. The van der Waals surface area contributed by atoms with Crippen molar-refractivity contribution in [2.45, 2.75) is 39.3 Å². The molecule has 9 heteroatoms. The fourth-order valence-electron chi connectivity index (χ4n) is 1.69. The van der Waals surface area contributed by atoms with Gasteiger partial charge in [-0.1, -0.05) is 6.07 Å². The second kappa shape index (κ2) is 7.62. The van der Waals surface area contributed by atoms with Crippen LogP contribution in [0.25, 0.3) is 0 Å². The molecule has 24 heavy (non-hydrogen) atoms. The zero-order chi connectivity index (χ0) is 18.5. The quantitative estimate of drug-likeness (QED) is 0.600. The van der Waals surface area contributed by atoms with Gasteiger partial charge in [-0.25, -0.2) is 9.59 Å². The predicted octanol–water partition coefficient (Wildman–Crippen LogP) is 2.26. The van der Waals surface area contributed by atoms with Gasteiger partial charge in [-0.05, 0) is 39.3 Å². The number of nitro benzene ring substituents is 1. The normalized spacial score (nSPS) is 12.2. The molecular formula is C15H20N2O7. The molecule has 0 radical (unpaired) electrons. The average Bonchev–Trinajstić information content (AvgIpc) is 2.40. The Hall–Kier alpha value is -2.84. The molecule has 0 fully saturated rings. The standard InChI is InChI=1S/C15H20N2O7/c1-9-5-6-11(17(21)22)12(7-9)23-8-10(13(18)19)16-14(20)24-15(2,3)4/h5-7,10H,8H2,1-4H3,(H,16,20)(H,18,19). The highest BCUT2D eigenvalue weighted by atomic mass is 16.6. The summed E-state index contributed by atoms with van der Waals surface area (Å²) < 4.78 is 10.2. The Morgan fingerprint density at radius 2 is 2.00 bits per heavy atom. The molecule has 2 N–H and O–H groups in total. The number of carboxylic acids is 1. The lowest BCUT2D eigenvalue weighted by Crippen LogP contribution is -2.46. The largest absolute Gasteiger partial charge is 0.484 e. The fourth-order valence-corrected chi connectivity index (χ4v) is 1.69. The van der Waals surface area contributed by atoms with E-state index in [2.05, 4.69) is 5.32 Å². The molecule has 0 saturated heterocycles. The van der Waals surface area contributed by atoms with Crippen LogP contribution in [-0.2, 0) is 9.53 Å². The average molecular weight is 340 g/mol. The molecule has 0 saturated carbocycles. The lowest BCUT2D eigenvalue weighted by molar-refractivity contribution is -0.385. The summed E-state index contributed by atoms with van der Waals surface area (Å²) in [6.45, 7) is 6.13. The van der Waals surface area contributed by atoms with Crippen molar-refractivity contribution in [3.8, 4) is 5.75 Å². The maximum atomic E-state index is 11.7. The van der Waals surface area contributed by atoms with Gasteiger partial charge in [-0.2, -0.15) is 0 Å². The fraction of sp³-hybridized carbons (Fsp3) is 0.467. The number of hydrogen-bond donors (Lipinski definition) is 2. The van der Waals surface area contributed by atoms with Crippen LogP contribution < -0.4 is 10.1 Å². The van der Waals surface area contributed by atoms with Crippen LogP contribution in [0.3, 0.4) is 0 Å². The Balaban J connectivity index is 2.81. The number of aliphatic carboxylic acids is 1. The molecule has 1 atom stereocenters. The van der Waals surface area contributed by atoms with Gasteiger partial charge in [0.2, 0.25) is 0 Å². The lowest BCUT2D eigenvalue weighted by atomic mass is 10.2. The summed E-state index contributed by atoms with van der Waals surface area (Å²) in [6, 6.07) is 2.81. The molecule has 0 aliphatic heterocycles. The molecule has 1 amide bonds. The maximum absolute atomic E-state index is 11.7. The topological polar surface area (TPSA) is 128 Å². The first-order chi connectivity index (χ1) is 11.0. The van der Waals surface area contributed by atoms with E-state index < -0.39 is 35.2 Å². The number of carboxylic acid groups (broad SMARTS) is 1. The first-order valence-electron chi connectivity index (χ1n) is 7.10. The molecule has 0 bridgehead atoms. The summed E-state index contributed by atoms with van der Waals surface area (Å²) in [4.78, 5) is 33.2. The van der Waals surface area contributed by atoms with Crippen LogP contribution in [0.15, 0.2) is 18.2 Å². The summed E-state index contributed by atoms with van der Waals surface area (Å²) in [5.41, 5.74) is -0.367. The minimum absolute atomic E-state index is 0.0720. The first-order valence-corrected chi connectivity index (χ1v) is 7.10. The van der Waals surface area contributed by atoms with Crippen molar-refractivity contribution in [2.24, 2.45) is 0 Å². The number of rotatable bonds is 6. The number of nitrogens with one attached hydrogen (secondary N) is 1. The summed E-state index contributed by atoms with van der Waals surface area (Å²) >= 11 is 0. The van der Waals surface area contributed by atoms with E-state index in [-0.39, 0.29) is 11.4 Å². The number of alkyl carbamates (subject to hydrolysis) is 1. The second-order valence-corrected chi connectivity index (χ2v) is 6.08. The SMILES string of the molecule is Cc1ccc([N+](=O)[O-])c(OCC(NC(=O)OC(C)(C)C)C(=O)O)c1. The Morgan fingerprint density at radius 1 is 1.38 bits per heavy atom. The summed E-state index contributed by atoms with van der Waals surface area (Å²) in [5.74, 6) is -1.42. The molecule has 0 spiro atoms. The number of carbonyl (C=O) groups is 2. The number of nitro groups is 1. The third-order valence-electron chi connectivity index (χ3n) is 2.71. The van der Waals surface area contributed by atoms with Gasteiger partial charge in [0.05, 0.1) is 4.92 Å². The van der Waals surface area contributed by atoms with Gasteiger partial charge in [-0.15, -0.1) is 0 Å². The van der Waals surface area contributed by atoms with E-state index in [1.165, 1.54) is 12.1 Å². The minimum Gasteiger partial charge on any atom is -0.484 e. The van der Waals surface area contributed by atoms with Gasteiger partial charge in [0.25, 0.3) is 0 Å². The van der Waals surface area contributed by atoms with Crippen LogP contribution in [0.1, 0.15) is 26.3 Å². The van der Waals surface area contributed by atoms with Crippen LogP contribution in [0.5, 0.6) is 5.75 Å². The molecule has 1 aromatic rings. The van der Waals surface area contributed by atoms with Crippen molar-refractivity contribution < 1.29 is 29.1 Å². The highest BCUT2D eigenvalue weighted by Gasteiger charge is 2.26. The Kier molecular flexibility index (Phi) is 6.10. The van der Waals surface area contributed by atoms with Gasteiger partial charge in [0.15, 0.2) is 11.8 Å². The van der Waals surface area contributed by atoms with Crippen molar-refractivity contribution in [2.75, 3.05) is 6.61 Å². The molecular weight excluding hydrogens is 320 g/mol. The number of carbonyl (C=O) groups excluding carboxylic acids is 1. The van der Waals surface area contributed by atoms with Crippen molar-refractivity contribution >= 4 is 17.7 Å². The molecule has 0 heterocycles. The smallest absolute Gasteiger partial charge is 0.408 e. The van der Waals surface area contributed by atoms with Crippen molar-refractivity contribution in [3.05, 3.63) is 33.9 Å². The van der Waals surface area contributed by atoms with Crippen molar-refractivity contribution in [3.63, 3.8) is 0 Å². The van der Waals surface area contributed by atoms with Gasteiger partial charge in [0.1, 0.15) is 12.2 Å². The monoisotopic (exact) mass is 340 g/mol. The number of nitrogens with zero attached hydrogens (tertiary/aromatic N) is 1. The number of amides is 1. The Bertz CT molecular complexity index is 637. The van der Waals surface area contributed by atoms with E-state index in [9.17, 15) is 19.7 Å². The highest BCUT2D eigenvalue weighted by molar-refractivity contribution is 5.80. The molecule has 0 aliphatic carbocycles. The third-order valence-corrected chi connectivity index (χ3v) is 2.71. The molecule has 1 aromatic carbocycles. The second-order valence-electron chi connectivity index (χ2n) is 6.08. The summed E-state index contributed by atoms with van der Waals surface area (Å²) in [6.07, 6.45) is -0.919. The van der Waals surface area contributed by atoms with E-state index in [1.807, 2.05) is 0 Å². The van der Waals surface area contributed by atoms with Crippen LogP contribution in [-0.4, -0.2) is 40.3 Å². The molecule has 1 rings (SSSR count). The maximum Gasteiger partial charge on any atom is 0.408 e. The van der Waals surface area contributed by atoms with E-state index in [0.717, 1.165) is 0 Å².